The van der Waals surface area contributed by atoms with Gasteiger partial charge in [0.25, 0.3) is 0 Å². The lowest BCUT2D eigenvalue weighted by Gasteiger charge is -2.23. The molecule has 0 spiro atoms. The van der Waals surface area contributed by atoms with Gasteiger partial charge in [0, 0.05) is 16.3 Å². The molecule has 36 heavy (non-hydrogen) atoms. The van der Waals surface area contributed by atoms with Crippen molar-refractivity contribution in [2.45, 2.75) is 38.5 Å². The molecule has 0 aliphatic heterocycles. The first kappa shape index (κ1) is 23.7. The van der Waals surface area contributed by atoms with Crippen molar-refractivity contribution in [3.63, 3.8) is 0 Å². The standard InChI is InChI=1S/C34H30BrP/c1-23-21-31-29(15-9-17-33(31)35)27(23)19-20-28-24(2)22-32-30(28)16-10-18-34(32)36(25-11-5-3-6-12-25)26-13-7-4-8-14-26/h3-18,21-22,27-28H,19-20H2,1-2H3. The molecule has 2 unspecified atom stereocenters. The Kier molecular flexibility index (Phi) is 6.55. The average molecular weight is 549 g/mol. The molecule has 178 valence electrons. The third kappa shape index (κ3) is 4.23. The Labute approximate surface area is 224 Å². The molecule has 0 amide bonds. The molecule has 0 aromatic heterocycles. The number of hydrogen-bond acceptors (Lipinski definition) is 0. The highest BCUT2D eigenvalue weighted by Gasteiger charge is 2.30. The molecule has 0 radical (unpaired) electrons. The second kappa shape index (κ2) is 9.97. The third-order valence-corrected chi connectivity index (χ3v) is 11.0. The second-order valence-corrected chi connectivity index (χ2v) is 13.0. The number of fused-ring (bicyclic) bond motifs is 2. The smallest absolute Gasteiger partial charge is 0.0250 e. The molecular formula is C34H30BrP. The SMILES string of the molecule is CC1=Cc2c(Br)cccc2C1CCC1C(C)=Cc2c1cccc2P(c1ccccc1)c1ccccc1. The molecule has 4 aromatic carbocycles. The fourth-order valence-corrected chi connectivity index (χ4v) is 9.03. The summed E-state index contributed by atoms with van der Waals surface area (Å²) in [7, 11) is -0.609. The minimum Gasteiger partial charge on any atom is -0.0652 e. The predicted molar refractivity (Wildman–Crippen MR) is 161 cm³/mol. The fourth-order valence-electron chi connectivity index (χ4n) is 6.06. The number of halogens is 1. The minimum absolute atomic E-state index is 0.493. The second-order valence-electron chi connectivity index (χ2n) is 9.99. The van der Waals surface area contributed by atoms with Gasteiger partial charge in [0.2, 0.25) is 0 Å². The van der Waals surface area contributed by atoms with Crippen LogP contribution in [-0.4, -0.2) is 0 Å². The van der Waals surface area contributed by atoms with Crippen LogP contribution >= 0.6 is 23.9 Å². The van der Waals surface area contributed by atoms with Crippen molar-refractivity contribution >= 4 is 51.9 Å². The number of hydrogen-bond donors (Lipinski definition) is 0. The molecule has 4 aromatic rings. The third-order valence-electron chi connectivity index (χ3n) is 7.81. The van der Waals surface area contributed by atoms with Gasteiger partial charge in [-0.2, -0.15) is 0 Å². The zero-order valence-corrected chi connectivity index (χ0v) is 23.3. The van der Waals surface area contributed by atoms with E-state index in [4.69, 9.17) is 0 Å². The maximum Gasteiger partial charge on any atom is 0.0250 e. The average Bonchev–Trinajstić information content (AvgIpc) is 3.40. The topological polar surface area (TPSA) is 0 Å². The fraction of sp³-hybridized carbons (Fsp3) is 0.176. The zero-order chi connectivity index (χ0) is 24.6. The maximum absolute atomic E-state index is 3.76. The number of allylic oxidation sites excluding steroid dienone is 2. The van der Waals surface area contributed by atoms with E-state index in [0.29, 0.717) is 11.8 Å². The minimum atomic E-state index is -0.609. The summed E-state index contributed by atoms with van der Waals surface area (Å²) in [5.41, 5.74) is 8.81. The van der Waals surface area contributed by atoms with Gasteiger partial charge >= 0.3 is 0 Å². The highest BCUT2D eigenvalue weighted by atomic mass is 79.9. The number of benzene rings is 4. The molecule has 0 fully saturated rings. The molecule has 2 aliphatic carbocycles. The lowest BCUT2D eigenvalue weighted by molar-refractivity contribution is 0.611. The van der Waals surface area contributed by atoms with E-state index < -0.39 is 7.92 Å². The Hall–Kier alpha value is -2.73. The van der Waals surface area contributed by atoms with Crippen LogP contribution in [0.25, 0.3) is 12.2 Å². The van der Waals surface area contributed by atoms with Crippen molar-refractivity contribution in [2.75, 3.05) is 0 Å². The molecular weight excluding hydrogens is 519 g/mol. The Balaban J connectivity index is 1.34. The van der Waals surface area contributed by atoms with E-state index in [1.165, 1.54) is 66.6 Å². The van der Waals surface area contributed by atoms with Gasteiger partial charge in [0.05, 0.1) is 0 Å². The largest absolute Gasteiger partial charge is 0.0652 e. The first-order valence-corrected chi connectivity index (χ1v) is 14.9. The van der Waals surface area contributed by atoms with Crippen LogP contribution in [0.5, 0.6) is 0 Å². The lowest BCUT2D eigenvalue weighted by atomic mass is 9.85. The molecule has 0 saturated heterocycles. The molecule has 6 rings (SSSR count). The molecule has 0 heterocycles. The monoisotopic (exact) mass is 548 g/mol. The van der Waals surface area contributed by atoms with Gasteiger partial charge in [-0.15, -0.1) is 0 Å². The molecule has 0 N–H and O–H groups in total. The molecule has 2 heteroatoms. The Bertz CT molecular complexity index is 1430. The van der Waals surface area contributed by atoms with Crippen molar-refractivity contribution in [3.05, 3.63) is 135 Å². The Morgan fingerprint density at radius 3 is 1.67 bits per heavy atom. The van der Waals surface area contributed by atoms with Gasteiger partial charge in [0.1, 0.15) is 0 Å². The summed E-state index contributed by atoms with van der Waals surface area (Å²) in [6.45, 7) is 4.64. The summed E-state index contributed by atoms with van der Waals surface area (Å²) >= 11 is 3.76. The van der Waals surface area contributed by atoms with Gasteiger partial charge in [-0.05, 0) is 78.8 Å². The summed E-state index contributed by atoms with van der Waals surface area (Å²) < 4.78 is 1.21. The summed E-state index contributed by atoms with van der Waals surface area (Å²) in [4.78, 5) is 0. The van der Waals surface area contributed by atoms with E-state index in [-0.39, 0.29) is 0 Å². The molecule has 2 aliphatic rings. The number of rotatable bonds is 6. The van der Waals surface area contributed by atoms with Crippen molar-refractivity contribution in [1.82, 2.24) is 0 Å². The van der Waals surface area contributed by atoms with E-state index >= 15 is 0 Å². The van der Waals surface area contributed by atoms with Gasteiger partial charge in [0.15, 0.2) is 0 Å². The van der Waals surface area contributed by atoms with Gasteiger partial charge in [-0.1, -0.05) is 130 Å². The van der Waals surface area contributed by atoms with Crippen LogP contribution in [-0.2, 0) is 0 Å². The van der Waals surface area contributed by atoms with Crippen LogP contribution in [0.2, 0.25) is 0 Å². The Morgan fingerprint density at radius 1 is 0.583 bits per heavy atom. The van der Waals surface area contributed by atoms with Crippen molar-refractivity contribution in [1.29, 1.82) is 0 Å². The summed E-state index contributed by atoms with van der Waals surface area (Å²) in [5.74, 6) is 1.01. The van der Waals surface area contributed by atoms with Crippen LogP contribution in [0.4, 0.5) is 0 Å². The van der Waals surface area contributed by atoms with Crippen molar-refractivity contribution in [2.24, 2.45) is 0 Å². The van der Waals surface area contributed by atoms with Crippen LogP contribution in [0.1, 0.15) is 60.8 Å². The highest BCUT2D eigenvalue weighted by Crippen LogP contribution is 2.47. The van der Waals surface area contributed by atoms with Crippen LogP contribution in [0, 0.1) is 0 Å². The first-order valence-electron chi connectivity index (χ1n) is 12.8. The molecule has 0 nitrogen and oxygen atoms in total. The predicted octanol–water partition coefficient (Wildman–Crippen LogP) is 8.69. The quantitative estimate of drug-likeness (QED) is 0.211. The molecule has 0 bridgehead atoms. The van der Waals surface area contributed by atoms with E-state index in [1.54, 1.807) is 0 Å². The van der Waals surface area contributed by atoms with Gasteiger partial charge < -0.3 is 0 Å². The maximum atomic E-state index is 3.76. The zero-order valence-electron chi connectivity index (χ0n) is 20.8. The van der Waals surface area contributed by atoms with Crippen molar-refractivity contribution in [3.8, 4) is 0 Å². The Morgan fingerprint density at radius 2 is 1.08 bits per heavy atom. The molecule has 2 atom stereocenters. The normalized spacial score (nSPS) is 18.1. The van der Waals surface area contributed by atoms with Crippen molar-refractivity contribution < 1.29 is 0 Å². The van der Waals surface area contributed by atoms with Gasteiger partial charge in [-0.25, -0.2) is 0 Å². The van der Waals surface area contributed by atoms with E-state index in [2.05, 4.69) is 139 Å². The van der Waals surface area contributed by atoms with Gasteiger partial charge in [-0.3, -0.25) is 0 Å². The summed E-state index contributed by atoms with van der Waals surface area (Å²) in [6, 6.07) is 35.8. The van der Waals surface area contributed by atoms with Crippen LogP contribution in [0.3, 0.4) is 0 Å². The van der Waals surface area contributed by atoms with E-state index in [9.17, 15) is 0 Å². The van der Waals surface area contributed by atoms with E-state index in [0.717, 1.165) is 0 Å². The first-order chi connectivity index (χ1) is 17.6. The van der Waals surface area contributed by atoms with Crippen LogP contribution in [0.15, 0.2) is 113 Å². The summed E-state index contributed by atoms with van der Waals surface area (Å²) in [6.07, 6.45) is 7.21. The lowest BCUT2D eigenvalue weighted by Crippen LogP contribution is -2.22. The van der Waals surface area contributed by atoms with Crippen LogP contribution < -0.4 is 15.9 Å². The summed E-state index contributed by atoms with van der Waals surface area (Å²) in [5, 5.41) is 4.30. The molecule has 0 saturated carbocycles. The van der Waals surface area contributed by atoms with E-state index in [1.807, 2.05) is 0 Å². The highest BCUT2D eigenvalue weighted by molar-refractivity contribution is 9.10.